The number of hydrogen-bond acceptors (Lipinski definition) is 9. The van der Waals surface area contributed by atoms with Gasteiger partial charge in [0.25, 0.3) is 10.0 Å². The fourth-order valence-electron chi connectivity index (χ4n) is 3.51. The van der Waals surface area contributed by atoms with Crippen LogP contribution >= 0.6 is 0 Å². The maximum Gasteiger partial charge on any atom is 0.255 e. The number of sulfonamides is 1. The number of piperidine rings is 1. The van der Waals surface area contributed by atoms with Crippen LogP contribution in [0, 0.1) is 0 Å². The van der Waals surface area contributed by atoms with E-state index < -0.39 is 16.2 Å². The number of pyridine rings is 1. The number of hydrazine groups is 3. The summed E-state index contributed by atoms with van der Waals surface area (Å²) in [6, 6.07) is 1.82. The van der Waals surface area contributed by atoms with Crippen LogP contribution in [0.5, 0.6) is 0 Å². The summed E-state index contributed by atoms with van der Waals surface area (Å²) in [4.78, 5) is 13.7. The Bertz CT molecular complexity index is 857. The van der Waals surface area contributed by atoms with Gasteiger partial charge >= 0.3 is 0 Å². The number of H-pyrrole nitrogens is 1. The number of primary sulfonamides is 1. The van der Waals surface area contributed by atoms with Crippen molar-refractivity contribution in [3.63, 3.8) is 0 Å². The van der Waals surface area contributed by atoms with E-state index in [1.165, 1.54) is 6.20 Å². The van der Waals surface area contributed by atoms with Gasteiger partial charge < -0.3 is 9.88 Å². The molecule has 0 bridgehead atoms. The zero-order chi connectivity index (χ0) is 18.1. The van der Waals surface area contributed by atoms with Gasteiger partial charge in [0.05, 0.1) is 0 Å². The number of hydrogen-bond donors (Lipinski definition) is 6. The van der Waals surface area contributed by atoms with Gasteiger partial charge in [0, 0.05) is 48.8 Å². The van der Waals surface area contributed by atoms with Crippen molar-refractivity contribution in [1.82, 2.24) is 36.9 Å². The minimum atomic E-state index is -3.97. The monoisotopic (exact) mass is 379 g/mol. The van der Waals surface area contributed by atoms with Gasteiger partial charge in [-0.05, 0) is 18.9 Å². The van der Waals surface area contributed by atoms with Gasteiger partial charge in [-0.1, -0.05) is 0 Å². The molecule has 0 aromatic carbocycles. The fraction of sp³-hybridized carbons (Fsp3) is 0.429. The van der Waals surface area contributed by atoms with Crippen molar-refractivity contribution in [2.24, 2.45) is 5.14 Å². The first-order valence-electron chi connectivity index (χ1n) is 8.31. The highest BCUT2D eigenvalue weighted by Gasteiger charge is 2.31. The number of imidazole rings is 1. The first kappa shape index (κ1) is 17.3. The number of rotatable bonds is 4. The summed E-state index contributed by atoms with van der Waals surface area (Å²) in [6.07, 6.45) is 6.42. The lowest BCUT2D eigenvalue weighted by Gasteiger charge is -2.35. The molecule has 2 aromatic rings. The van der Waals surface area contributed by atoms with Gasteiger partial charge in [-0.2, -0.15) is 11.1 Å². The Hall–Kier alpha value is -2.09. The predicted molar refractivity (Wildman–Crippen MR) is 93.7 cm³/mol. The van der Waals surface area contributed by atoms with E-state index in [-0.39, 0.29) is 5.03 Å². The van der Waals surface area contributed by atoms with Crippen LogP contribution in [0.15, 0.2) is 29.7 Å². The van der Waals surface area contributed by atoms with Crippen LogP contribution in [0.2, 0.25) is 0 Å². The zero-order valence-corrected chi connectivity index (χ0v) is 14.8. The number of aromatic amines is 1. The van der Waals surface area contributed by atoms with Gasteiger partial charge in [0.15, 0.2) is 5.03 Å². The van der Waals surface area contributed by atoms with E-state index in [0.29, 0.717) is 11.5 Å². The van der Waals surface area contributed by atoms with E-state index in [0.717, 1.165) is 37.4 Å². The van der Waals surface area contributed by atoms with Gasteiger partial charge in [-0.3, -0.25) is 0 Å². The van der Waals surface area contributed by atoms with Gasteiger partial charge in [-0.25, -0.2) is 34.4 Å². The highest BCUT2D eigenvalue weighted by atomic mass is 32.2. The van der Waals surface area contributed by atoms with E-state index in [2.05, 4.69) is 41.8 Å². The van der Waals surface area contributed by atoms with Crippen LogP contribution in [0.4, 0.5) is 5.69 Å². The summed E-state index contributed by atoms with van der Waals surface area (Å²) < 4.78 is 24.1. The van der Waals surface area contributed by atoms with Crippen molar-refractivity contribution in [3.8, 4) is 0 Å². The second-order valence-corrected chi connectivity index (χ2v) is 7.78. The lowest BCUT2D eigenvalue weighted by molar-refractivity contribution is 0.481. The van der Waals surface area contributed by atoms with Crippen LogP contribution < -0.4 is 32.0 Å². The average molecular weight is 379 g/mol. The molecule has 11 nitrogen and oxygen atoms in total. The Labute approximate surface area is 150 Å². The molecule has 26 heavy (non-hydrogen) atoms. The largest absolute Gasteiger partial charge is 0.371 e. The van der Waals surface area contributed by atoms with E-state index in [9.17, 15) is 8.42 Å². The van der Waals surface area contributed by atoms with Crippen LogP contribution in [-0.2, 0) is 10.0 Å². The molecule has 0 unspecified atom stereocenters. The molecule has 7 N–H and O–H groups in total. The molecule has 4 heterocycles. The van der Waals surface area contributed by atoms with Gasteiger partial charge in [0.2, 0.25) is 0 Å². The first-order chi connectivity index (χ1) is 12.5. The van der Waals surface area contributed by atoms with Gasteiger partial charge in [0.1, 0.15) is 12.0 Å². The Morgan fingerprint density at radius 1 is 1.12 bits per heavy atom. The molecule has 2 aromatic heterocycles. The third-order valence-corrected chi connectivity index (χ3v) is 5.59. The molecule has 2 saturated heterocycles. The highest BCUT2D eigenvalue weighted by Crippen LogP contribution is 2.34. The van der Waals surface area contributed by atoms with Crippen LogP contribution in [0.1, 0.15) is 36.3 Å². The zero-order valence-electron chi connectivity index (χ0n) is 13.9. The second kappa shape index (κ2) is 6.90. The van der Waals surface area contributed by atoms with E-state index >= 15 is 0 Å². The lowest BCUT2D eigenvalue weighted by atomic mass is 9.95. The summed E-state index contributed by atoms with van der Waals surface area (Å²) in [5.41, 5.74) is 12.5. The summed E-state index contributed by atoms with van der Waals surface area (Å²) >= 11 is 0. The normalized spacial score (nSPS) is 20.0. The van der Waals surface area contributed by atoms with Crippen LogP contribution in [0.25, 0.3) is 0 Å². The molecular formula is C14H21N9O2S. The third kappa shape index (κ3) is 3.30. The van der Waals surface area contributed by atoms with Crippen molar-refractivity contribution >= 4 is 15.7 Å². The topological polar surface area (TPSA) is 153 Å². The molecule has 0 amide bonds. The average Bonchev–Trinajstić information content (AvgIpc) is 3.34. The number of nitrogens with zero attached hydrogens (tertiary/aromatic N) is 3. The lowest BCUT2D eigenvalue weighted by Crippen LogP contribution is -2.37. The van der Waals surface area contributed by atoms with E-state index in [1.54, 1.807) is 6.20 Å². The molecule has 2 aliphatic rings. The highest BCUT2D eigenvalue weighted by molar-refractivity contribution is 7.89. The maximum absolute atomic E-state index is 12.0. The Morgan fingerprint density at radius 3 is 2.46 bits per heavy atom. The molecule has 2 aliphatic heterocycles. The molecule has 4 rings (SSSR count). The van der Waals surface area contributed by atoms with Crippen LogP contribution in [0.3, 0.4) is 0 Å². The molecule has 0 spiro atoms. The summed E-state index contributed by atoms with van der Waals surface area (Å²) in [5.74, 6) is 1.37. The number of nitrogens with two attached hydrogens (primary N) is 1. The maximum atomic E-state index is 12.0. The standard InChI is InChI=1S/C14H21N9O2S/c15-26(24,25)14-11(13-19-21-22-20-13)10(1-4-18-14)23-7-2-9(3-8-23)12-16-5-6-17-12/h1,4-6,9,13,19-22H,2-3,7-8H2,(H,16,17)(H2,15,24,25). The van der Waals surface area contributed by atoms with Crippen molar-refractivity contribution < 1.29 is 8.42 Å². The third-order valence-electron chi connectivity index (χ3n) is 4.73. The smallest absolute Gasteiger partial charge is 0.255 e. The molecule has 0 atom stereocenters. The predicted octanol–water partition coefficient (Wildman–Crippen LogP) is -1.05. The first-order valence-corrected chi connectivity index (χ1v) is 9.85. The minimum absolute atomic E-state index is 0.140. The summed E-state index contributed by atoms with van der Waals surface area (Å²) in [6.45, 7) is 1.56. The minimum Gasteiger partial charge on any atom is -0.371 e. The Balaban J connectivity index is 1.64. The van der Waals surface area contributed by atoms with Crippen molar-refractivity contribution in [3.05, 3.63) is 36.0 Å². The molecule has 140 valence electrons. The quantitative estimate of drug-likeness (QED) is 0.391. The van der Waals surface area contributed by atoms with Crippen molar-refractivity contribution in [2.75, 3.05) is 18.0 Å². The van der Waals surface area contributed by atoms with Crippen molar-refractivity contribution in [1.29, 1.82) is 0 Å². The molecule has 0 radical (unpaired) electrons. The molecule has 2 fully saturated rings. The van der Waals surface area contributed by atoms with Crippen molar-refractivity contribution in [2.45, 2.75) is 30.0 Å². The van der Waals surface area contributed by atoms with Crippen LogP contribution in [-0.4, -0.2) is 36.5 Å². The Kier molecular flexibility index (Phi) is 4.60. The van der Waals surface area contributed by atoms with E-state index in [1.807, 2.05) is 12.3 Å². The molecular weight excluding hydrogens is 358 g/mol. The number of aromatic nitrogens is 3. The molecule has 0 saturated carbocycles. The molecule has 12 heteroatoms. The number of anilines is 1. The number of nitrogens with one attached hydrogen (secondary N) is 5. The van der Waals surface area contributed by atoms with E-state index in [4.69, 9.17) is 5.14 Å². The fourth-order valence-corrected chi connectivity index (χ4v) is 4.25. The summed E-state index contributed by atoms with van der Waals surface area (Å²) in [5, 5.41) is 5.25. The summed E-state index contributed by atoms with van der Waals surface area (Å²) in [7, 11) is -3.97. The Morgan fingerprint density at radius 2 is 1.85 bits per heavy atom. The molecule has 0 aliphatic carbocycles. The second-order valence-electron chi connectivity index (χ2n) is 6.30. The SMILES string of the molecule is NS(=O)(=O)c1nccc(N2CCC(c3ncc[nH]3)CC2)c1C1NNNN1. The van der Waals surface area contributed by atoms with Gasteiger partial charge in [-0.15, -0.1) is 0 Å².